The fourth-order valence-electron chi connectivity index (χ4n) is 4.62. The third-order valence-electron chi connectivity index (χ3n) is 7.16. The second kappa shape index (κ2) is 15.1. The van der Waals surface area contributed by atoms with Crippen LogP contribution in [0.4, 0.5) is 17.3 Å². The number of nitrogens with zero attached hydrogens (tertiary/aromatic N) is 4. The van der Waals surface area contributed by atoms with Crippen LogP contribution in [-0.4, -0.2) is 86.3 Å². The molecule has 11 nitrogen and oxygen atoms in total. The lowest BCUT2D eigenvalue weighted by Gasteiger charge is -2.32. The Morgan fingerprint density at radius 1 is 0.889 bits per heavy atom. The van der Waals surface area contributed by atoms with Crippen LogP contribution in [0, 0.1) is 0 Å². The standard InChI is InChI=1S/C32H34Cl2N6O5/c1-39-13-15-40(16-14-39)17-18-44-26-12-11-21(19-28(26)43-3)36-32-35-20-22(30(41)37-29-23(33)7-6-8-24(29)34)31(38-32)45-27-10-5-4-9-25(27)42-2/h4-12,19-20H,13-18H2,1-3H3,(H,37,41)(H,35,36,38). The molecule has 1 amide bonds. The molecule has 4 aromatic rings. The van der Waals surface area contributed by atoms with Gasteiger partial charge in [-0.3, -0.25) is 9.69 Å². The number of nitrogens with one attached hydrogen (secondary N) is 2. The molecule has 0 bridgehead atoms. The third kappa shape index (κ3) is 8.25. The Morgan fingerprint density at radius 2 is 1.60 bits per heavy atom. The molecule has 236 valence electrons. The van der Waals surface area contributed by atoms with Gasteiger partial charge in [-0.05, 0) is 43.4 Å². The Hall–Kier alpha value is -4.29. The van der Waals surface area contributed by atoms with E-state index in [4.69, 9.17) is 42.1 Å². The van der Waals surface area contributed by atoms with Crippen molar-refractivity contribution >= 4 is 46.4 Å². The summed E-state index contributed by atoms with van der Waals surface area (Å²) in [6, 6.07) is 17.4. The Bertz CT molecular complexity index is 1610. The van der Waals surface area contributed by atoms with Crippen LogP contribution in [0.5, 0.6) is 28.9 Å². The van der Waals surface area contributed by atoms with Gasteiger partial charge < -0.3 is 34.5 Å². The minimum absolute atomic E-state index is 0.0199. The molecule has 0 atom stereocenters. The molecule has 13 heteroatoms. The molecule has 0 unspecified atom stereocenters. The van der Waals surface area contributed by atoms with Crippen LogP contribution >= 0.6 is 23.2 Å². The zero-order valence-corrected chi connectivity index (χ0v) is 26.7. The number of methoxy groups -OCH3 is 2. The second-order valence-corrected chi connectivity index (χ2v) is 11.0. The number of piperazine rings is 1. The summed E-state index contributed by atoms with van der Waals surface area (Å²) in [6.45, 7) is 5.54. The van der Waals surface area contributed by atoms with E-state index in [9.17, 15) is 4.79 Å². The molecule has 1 aliphatic rings. The summed E-state index contributed by atoms with van der Waals surface area (Å²) in [4.78, 5) is 27.0. The highest BCUT2D eigenvalue weighted by atomic mass is 35.5. The van der Waals surface area contributed by atoms with Gasteiger partial charge in [-0.15, -0.1) is 0 Å². The van der Waals surface area contributed by atoms with Gasteiger partial charge >= 0.3 is 0 Å². The molecule has 3 aromatic carbocycles. The third-order valence-corrected chi connectivity index (χ3v) is 7.79. The largest absolute Gasteiger partial charge is 0.493 e. The van der Waals surface area contributed by atoms with Crippen molar-refractivity contribution in [3.05, 3.63) is 82.5 Å². The predicted octanol–water partition coefficient (Wildman–Crippen LogP) is 6.22. The number of aromatic nitrogens is 2. The quantitative estimate of drug-likeness (QED) is 0.183. The van der Waals surface area contributed by atoms with Crippen molar-refractivity contribution in [1.82, 2.24) is 19.8 Å². The smallest absolute Gasteiger partial charge is 0.262 e. The summed E-state index contributed by atoms with van der Waals surface area (Å²) in [7, 11) is 5.24. The number of hydrogen-bond donors (Lipinski definition) is 2. The maximum absolute atomic E-state index is 13.4. The Morgan fingerprint density at radius 3 is 2.31 bits per heavy atom. The summed E-state index contributed by atoms with van der Waals surface area (Å²) >= 11 is 12.6. The number of hydrogen-bond acceptors (Lipinski definition) is 10. The first-order valence-corrected chi connectivity index (χ1v) is 15.0. The van der Waals surface area contributed by atoms with Gasteiger partial charge in [0.25, 0.3) is 5.91 Å². The molecule has 0 aliphatic carbocycles. The molecule has 0 saturated carbocycles. The van der Waals surface area contributed by atoms with Crippen LogP contribution in [0.3, 0.4) is 0 Å². The van der Waals surface area contributed by atoms with Crippen LogP contribution < -0.4 is 29.6 Å². The number of carbonyl (C=O) groups is 1. The van der Waals surface area contributed by atoms with Gasteiger partial charge in [-0.1, -0.05) is 41.4 Å². The molecule has 0 spiro atoms. The normalized spacial score (nSPS) is 13.6. The average molecular weight is 654 g/mol. The van der Waals surface area contributed by atoms with Gasteiger partial charge in [0.05, 0.1) is 30.0 Å². The van der Waals surface area contributed by atoms with Gasteiger partial charge in [-0.2, -0.15) is 4.98 Å². The first-order valence-electron chi connectivity index (χ1n) is 14.3. The molecule has 1 saturated heterocycles. The molecule has 1 fully saturated rings. The van der Waals surface area contributed by atoms with Gasteiger partial charge in [0.2, 0.25) is 11.8 Å². The van der Waals surface area contributed by atoms with E-state index in [2.05, 4.69) is 37.4 Å². The number of halogens is 2. The Kier molecular flexibility index (Phi) is 10.8. The van der Waals surface area contributed by atoms with E-state index in [0.29, 0.717) is 35.3 Å². The van der Waals surface area contributed by atoms with Crippen molar-refractivity contribution in [3.63, 3.8) is 0 Å². The Balaban J connectivity index is 1.35. The van der Waals surface area contributed by atoms with Crippen LogP contribution in [-0.2, 0) is 0 Å². The lowest BCUT2D eigenvalue weighted by molar-refractivity contribution is 0.102. The van der Waals surface area contributed by atoms with Gasteiger partial charge in [0.1, 0.15) is 12.2 Å². The Labute approximate surface area is 272 Å². The number of anilines is 3. The van der Waals surface area contributed by atoms with E-state index in [1.54, 1.807) is 55.6 Å². The number of benzene rings is 3. The molecular weight excluding hydrogens is 619 g/mol. The van der Waals surface area contributed by atoms with Gasteiger partial charge in [-0.25, -0.2) is 4.98 Å². The molecule has 45 heavy (non-hydrogen) atoms. The summed E-state index contributed by atoms with van der Waals surface area (Å²) in [5, 5.41) is 6.44. The lowest BCUT2D eigenvalue weighted by atomic mass is 10.2. The second-order valence-electron chi connectivity index (χ2n) is 10.2. The summed E-state index contributed by atoms with van der Waals surface area (Å²) < 4.78 is 23.2. The fourth-order valence-corrected chi connectivity index (χ4v) is 5.11. The van der Waals surface area contributed by atoms with E-state index in [1.807, 2.05) is 12.1 Å². The highest BCUT2D eigenvalue weighted by Crippen LogP contribution is 2.35. The molecule has 0 radical (unpaired) electrons. The van der Waals surface area contributed by atoms with E-state index < -0.39 is 5.91 Å². The highest BCUT2D eigenvalue weighted by molar-refractivity contribution is 6.40. The molecule has 1 aromatic heterocycles. The molecular formula is C32H34Cl2N6O5. The number of ether oxygens (including phenoxy) is 4. The maximum Gasteiger partial charge on any atom is 0.262 e. The average Bonchev–Trinajstić information content (AvgIpc) is 3.04. The van der Waals surface area contributed by atoms with Crippen LogP contribution in [0.1, 0.15) is 10.4 Å². The summed E-state index contributed by atoms with van der Waals surface area (Å²) in [5.74, 6) is 1.58. The minimum atomic E-state index is -0.568. The zero-order chi connectivity index (χ0) is 31.8. The number of likely N-dealkylation sites (N-methyl/N-ethyl adjacent to an activating group) is 1. The van der Waals surface area contributed by atoms with Crippen molar-refractivity contribution in [2.45, 2.75) is 0 Å². The van der Waals surface area contributed by atoms with Crippen LogP contribution in [0.25, 0.3) is 0 Å². The fraction of sp³-hybridized carbons (Fsp3) is 0.281. The number of carbonyl (C=O) groups excluding carboxylic acids is 1. The number of rotatable bonds is 12. The minimum Gasteiger partial charge on any atom is -0.493 e. The van der Waals surface area contributed by atoms with Crippen molar-refractivity contribution in [2.75, 3.05) is 71.2 Å². The van der Waals surface area contributed by atoms with Gasteiger partial charge in [0.15, 0.2) is 23.0 Å². The summed E-state index contributed by atoms with van der Waals surface area (Å²) in [5.41, 5.74) is 0.944. The maximum atomic E-state index is 13.4. The SMILES string of the molecule is COc1cc(Nc2ncc(C(=O)Nc3c(Cl)cccc3Cl)c(Oc3ccccc3OC)n2)ccc1OCCN1CCN(C)CC1. The van der Waals surface area contributed by atoms with Crippen molar-refractivity contribution in [1.29, 1.82) is 0 Å². The highest BCUT2D eigenvalue weighted by Gasteiger charge is 2.21. The van der Waals surface area contributed by atoms with Crippen molar-refractivity contribution < 1.29 is 23.7 Å². The van der Waals surface area contributed by atoms with E-state index in [-0.39, 0.29) is 33.1 Å². The molecule has 1 aliphatic heterocycles. The molecule has 2 N–H and O–H groups in total. The van der Waals surface area contributed by atoms with Crippen molar-refractivity contribution in [2.24, 2.45) is 0 Å². The van der Waals surface area contributed by atoms with E-state index in [1.165, 1.54) is 13.3 Å². The lowest BCUT2D eigenvalue weighted by Crippen LogP contribution is -2.45. The predicted molar refractivity (Wildman–Crippen MR) is 175 cm³/mol. The number of para-hydroxylation sites is 3. The summed E-state index contributed by atoms with van der Waals surface area (Å²) in [6.07, 6.45) is 1.35. The molecule has 2 heterocycles. The van der Waals surface area contributed by atoms with E-state index in [0.717, 1.165) is 32.7 Å². The van der Waals surface area contributed by atoms with Crippen molar-refractivity contribution in [3.8, 4) is 28.9 Å². The topological polar surface area (TPSA) is 110 Å². The molecule has 5 rings (SSSR count). The van der Waals surface area contributed by atoms with Gasteiger partial charge in [0, 0.05) is 50.7 Å². The van der Waals surface area contributed by atoms with E-state index >= 15 is 0 Å². The monoisotopic (exact) mass is 652 g/mol. The number of amides is 1. The first kappa shape index (κ1) is 32.1. The van der Waals surface area contributed by atoms with Crippen LogP contribution in [0.2, 0.25) is 10.0 Å². The van der Waals surface area contributed by atoms with Crippen LogP contribution in [0.15, 0.2) is 66.9 Å². The first-order chi connectivity index (χ1) is 21.8. The zero-order valence-electron chi connectivity index (χ0n) is 25.2.